The molecule has 0 atom stereocenters. The molecule has 1 heterocycles. The molecular formula is C13H20N2O3. The molecule has 0 bridgehead atoms. The average molecular weight is 252 g/mol. The lowest BCUT2D eigenvalue weighted by Gasteiger charge is -2.14. The third-order valence-corrected chi connectivity index (χ3v) is 3.23. The molecule has 1 aliphatic carbocycles. The van der Waals surface area contributed by atoms with Gasteiger partial charge in [0, 0.05) is 32.2 Å². The predicted octanol–water partition coefficient (Wildman–Crippen LogP) is 1.79. The van der Waals surface area contributed by atoms with Crippen molar-refractivity contribution >= 4 is 5.91 Å². The van der Waals surface area contributed by atoms with E-state index in [4.69, 9.17) is 9.63 Å². The normalized spacial score (nSPS) is 14.8. The molecule has 1 aliphatic rings. The average Bonchev–Trinajstić information content (AvgIpc) is 3.11. The zero-order valence-corrected chi connectivity index (χ0v) is 10.8. The molecule has 1 aromatic heterocycles. The molecule has 5 heteroatoms. The maximum absolute atomic E-state index is 12.0. The molecule has 1 N–H and O–H groups in total. The molecule has 0 spiro atoms. The topological polar surface area (TPSA) is 66.6 Å². The van der Waals surface area contributed by atoms with Crippen LogP contribution in [0.3, 0.4) is 0 Å². The third-order valence-electron chi connectivity index (χ3n) is 3.23. The van der Waals surface area contributed by atoms with Gasteiger partial charge in [0.15, 0.2) is 5.69 Å². The van der Waals surface area contributed by atoms with Crippen molar-refractivity contribution in [3.63, 3.8) is 0 Å². The molecule has 2 rings (SSSR count). The van der Waals surface area contributed by atoms with Crippen LogP contribution in [-0.4, -0.2) is 41.3 Å². The molecule has 1 saturated carbocycles. The molecule has 0 saturated heterocycles. The van der Waals surface area contributed by atoms with E-state index in [0.29, 0.717) is 18.2 Å². The summed E-state index contributed by atoms with van der Waals surface area (Å²) < 4.78 is 5.17. The first-order valence-electron chi connectivity index (χ1n) is 6.55. The first-order chi connectivity index (χ1) is 8.72. The van der Waals surface area contributed by atoms with E-state index in [2.05, 4.69) is 5.16 Å². The monoisotopic (exact) mass is 252 g/mol. The Labute approximate surface area is 107 Å². The Bertz CT molecular complexity index is 399. The van der Waals surface area contributed by atoms with Crippen LogP contribution in [-0.2, 0) is 0 Å². The largest absolute Gasteiger partial charge is 0.396 e. The number of aliphatic hydroxyl groups is 1. The number of amides is 1. The summed E-state index contributed by atoms with van der Waals surface area (Å²) in [5.74, 6) is 1.23. The molecule has 0 aromatic carbocycles. The standard InChI is InChI=1S/C13H20N2O3/c1-15(7-3-2-4-8-16)13(17)11-9-12(18-14-11)10-5-6-10/h9-10,16H,2-8H2,1H3. The summed E-state index contributed by atoms with van der Waals surface area (Å²) in [5, 5.41) is 12.5. The van der Waals surface area contributed by atoms with E-state index in [1.807, 2.05) is 0 Å². The minimum absolute atomic E-state index is 0.0883. The highest BCUT2D eigenvalue weighted by Crippen LogP contribution is 2.40. The lowest BCUT2D eigenvalue weighted by atomic mass is 10.2. The van der Waals surface area contributed by atoms with E-state index in [1.165, 1.54) is 0 Å². The van der Waals surface area contributed by atoms with Crippen LogP contribution in [0.2, 0.25) is 0 Å². The van der Waals surface area contributed by atoms with Crippen molar-refractivity contribution in [3.05, 3.63) is 17.5 Å². The smallest absolute Gasteiger partial charge is 0.275 e. The van der Waals surface area contributed by atoms with Gasteiger partial charge in [0.1, 0.15) is 5.76 Å². The minimum atomic E-state index is -0.0883. The Hall–Kier alpha value is -1.36. The summed E-state index contributed by atoms with van der Waals surface area (Å²) in [5.41, 5.74) is 0.404. The van der Waals surface area contributed by atoms with E-state index >= 15 is 0 Å². The lowest BCUT2D eigenvalue weighted by molar-refractivity contribution is 0.0782. The molecule has 0 aliphatic heterocycles. The molecule has 5 nitrogen and oxygen atoms in total. The van der Waals surface area contributed by atoms with Gasteiger partial charge >= 0.3 is 0 Å². The van der Waals surface area contributed by atoms with Crippen LogP contribution in [0.25, 0.3) is 0 Å². The summed E-state index contributed by atoms with van der Waals surface area (Å²) in [6, 6.07) is 1.77. The van der Waals surface area contributed by atoms with Crippen molar-refractivity contribution in [1.82, 2.24) is 10.1 Å². The third kappa shape index (κ3) is 3.32. The Balaban J connectivity index is 1.81. The fraction of sp³-hybridized carbons (Fsp3) is 0.692. The van der Waals surface area contributed by atoms with E-state index in [1.54, 1.807) is 18.0 Å². The van der Waals surface area contributed by atoms with Crippen molar-refractivity contribution in [3.8, 4) is 0 Å². The number of hydrogen-bond acceptors (Lipinski definition) is 4. The number of rotatable bonds is 7. The number of carbonyl (C=O) groups is 1. The zero-order valence-electron chi connectivity index (χ0n) is 10.8. The molecule has 0 radical (unpaired) electrons. The van der Waals surface area contributed by atoms with E-state index < -0.39 is 0 Å². The molecule has 1 aromatic rings. The Morgan fingerprint density at radius 1 is 1.50 bits per heavy atom. The fourth-order valence-electron chi connectivity index (χ4n) is 1.89. The number of carbonyl (C=O) groups excluding carboxylic acids is 1. The van der Waals surface area contributed by atoms with E-state index in [0.717, 1.165) is 37.9 Å². The molecule has 1 amide bonds. The van der Waals surface area contributed by atoms with Gasteiger partial charge in [-0.15, -0.1) is 0 Å². The van der Waals surface area contributed by atoms with Gasteiger partial charge in [-0.25, -0.2) is 0 Å². The van der Waals surface area contributed by atoms with Crippen LogP contribution in [0, 0.1) is 0 Å². The van der Waals surface area contributed by atoms with E-state index in [9.17, 15) is 4.79 Å². The Morgan fingerprint density at radius 2 is 2.28 bits per heavy atom. The quantitative estimate of drug-likeness (QED) is 0.751. The van der Waals surface area contributed by atoms with Crippen LogP contribution >= 0.6 is 0 Å². The molecule has 100 valence electrons. The molecular weight excluding hydrogens is 232 g/mol. The van der Waals surface area contributed by atoms with Crippen LogP contribution in [0.1, 0.15) is 54.3 Å². The highest BCUT2D eigenvalue weighted by molar-refractivity contribution is 5.92. The van der Waals surface area contributed by atoms with Crippen LogP contribution < -0.4 is 0 Å². The number of nitrogens with zero attached hydrogens (tertiary/aromatic N) is 2. The summed E-state index contributed by atoms with van der Waals surface area (Å²) in [4.78, 5) is 13.7. The Kier molecular flexibility index (Phi) is 4.36. The number of unbranched alkanes of at least 4 members (excludes halogenated alkanes) is 2. The first kappa shape index (κ1) is 13.1. The predicted molar refractivity (Wildman–Crippen MR) is 66.4 cm³/mol. The fourth-order valence-corrected chi connectivity index (χ4v) is 1.89. The number of aliphatic hydroxyl groups excluding tert-OH is 1. The maximum Gasteiger partial charge on any atom is 0.275 e. The summed E-state index contributed by atoms with van der Waals surface area (Å²) >= 11 is 0. The Morgan fingerprint density at radius 3 is 2.94 bits per heavy atom. The van der Waals surface area contributed by atoms with Crippen molar-refractivity contribution in [2.24, 2.45) is 0 Å². The summed E-state index contributed by atoms with van der Waals surface area (Å²) in [7, 11) is 1.77. The van der Waals surface area contributed by atoms with Crippen molar-refractivity contribution < 1.29 is 14.4 Å². The maximum atomic E-state index is 12.0. The zero-order chi connectivity index (χ0) is 13.0. The first-order valence-corrected chi connectivity index (χ1v) is 6.55. The second kappa shape index (κ2) is 6.00. The summed E-state index contributed by atoms with van der Waals surface area (Å²) in [6.07, 6.45) is 4.90. The SMILES string of the molecule is CN(CCCCCO)C(=O)c1cc(C2CC2)on1. The van der Waals surface area contributed by atoms with Crippen molar-refractivity contribution in [2.45, 2.75) is 38.0 Å². The minimum Gasteiger partial charge on any atom is -0.396 e. The van der Waals surface area contributed by atoms with Gasteiger partial charge in [0.2, 0.25) is 0 Å². The molecule has 1 fully saturated rings. The van der Waals surface area contributed by atoms with Gasteiger partial charge in [-0.1, -0.05) is 5.16 Å². The van der Waals surface area contributed by atoms with Gasteiger partial charge in [-0.3, -0.25) is 4.79 Å². The lowest BCUT2D eigenvalue weighted by Crippen LogP contribution is -2.28. The van der Waals surface area contributed by atoms with Crippen LogP contribution in [0.5, 0.6) is 0 Å². The van der Waals surface area contributed by atoms with Gasteiger partial charge in [0.25, 0.3) is 5.91 Å². The summed E-state index contributed by atoms with van der Waals surface area (Å²) in [6.45, 7) is 0.899. The van der Waals surface area contributed by atoms with Crippen LogP contribution in [0.4, 0.5) is 0 Å². The highest BCUT2D eigenvalue weighted by Gasteiger charge is 2.29. The molecule has 18 heavy (non-hydrogen) atoms. The van der Waals surface area contributed by atoms with Gasteiger partial charge in [-0.05, 0) is 32.1 Å². The number of hydrogen-bond donors (Lipinski definition) is 1. The number of aromatic nitrogens is 1. The van der Waals surface area contributed by atoms with Crippen molar-refractivity contribution in [1.29, 1.82) is 0 Å². The highest BCUT2D eigenvalue weighted by atomic mass is 16.5. The second-order valence-corrected chi connectivity index (χ2v) is 4.90. The van der Waals surface area contributed by atoms with Crippen LogP contribution in [0.15, 0.2) is 10.6 Å². The van der Waals surface area contributed by atoms with Gasteiger partial charge in [0.05, 0.1) is 0 Å². The second-order valence-electron chi connectivity index (χ2n) is 4.90. The van der Waals surface area contributed by atoms with E-state index in [-0.39, 0.29) is 12.5 Å². The van der Waals surface area contributed by atoms with Gasteiger partial charge < -0.3 is 14.5 Å². The van der Waals surface area contributed by atoms with Crippen molar-refractivity contribution in [2.75, 3.05) is 20.2 Å². The van der Waals surface area contributed by atoms with Gasteiger partial charge in [-0.2, -0.15) is 0 Å². The molecule has 0 unspecified atom stereocenters.